The molecule has 0 aromatic carbocycles. The molecule has 0 fully saturated rings. The molecule has 0 saturated heterocycles. The highest BCUT2D eigenvalue weighted by Gasteiger charge is 2.22. The van der Waals surface area contributed by atoms with Crippen LogP contribution in [0.15, 0.2) is 0 Å². The molecule has 4 N–H and O–H groups in total. The first-order valence-electron chi connectivity index (χ1n) is 0.894. The summed E-state index contributed by atoms with van der Waals surface area (Å²) >= 11 is 0. The summed E-state index contributed by atoms with van der Waals surface area (Å²) in [6, 6.07) is 0. The van der Waals surface area contributed by atoms with Crippen molar-refractivity contribution in [3.63, 3.8) is 0 Å². The molecule has 1 unspecified atom stereocenters. The minimum absolute atomic E-state index is 0. The molecule has 0 aliphatic heterocycles. The zero-order valence-electron chi connectivity index (χ0n) is 3.57. The van der Waals surface area contributed by atoms with Crippen molar-refractivity contribution in [1.29, 1.82) is 0 Å². The highest BCUT2D eigenvalue weighted by Crippen LogP contribution is 1.67. The second kappa shape index (κ2) is 8.08. The smallest absolute Gasteiger partial charge is 0.368 e. The minimum atomic E-state index is -4.61. The van der Waals surface area contributed by atoms with E-state index in [1.54, 1.807) is 0 Å². The highest BCUT2D eigenvalue weighted by molar-refractivity contribution is 6.92. The predicted octanol–water partition coefficient (Wildman–Crippen LogP) is -4.12. The largest absolute Gasteiger partial charge is 0.668 e. The van der Waals surface area contributed by atoms with E-state index in [0.717, 1.165) is 0 Å². The molecule has 3 radical (unpaired) electrons. The molecule has 8 heteroatoms. The van der Waals surface area contributed by atoms with Gasteiger partial charge in [0.05, 0.1) is 0 Å². The van der Waals surface area contributed by atoms with Crippen LogP contribution in [0.2, 0.25) is 0 Å². The van der Waals surface area contributed by atoms with Gasteiger partial charge in [-0.2, -0.15) is 9.90 Å². The molecule has 0 saturated carbocycles. The van der Waals surface area contributed by atoms with Crippen LogP contribution in [-0.4, -0.2) is 54.0 Å². The van der Waals surface area contributed by atoms with Gasteiger partial charge in [0.15, 0.2) is 17.4 Å². The Hall–Kier alpha value is 1.08. The van der Waals surface area contributed by atoms with E-state index in [2.05, 4.69) is 0 Å². The first-order valence-corrected chi connectivity index (χ1v) is 2.68. The van der Waals surface area contributed by atoms with Crippen LogP contribution >= 0.6 is 9.90 Å². The van der Waals surface area contributed by atoms with Crippen LogP contribution in [-0.2, 0) is 0 Å². The van der Waals surface area contributed by atoms with Gasteiger partial charge in [-0.1, -0.05) is 0 Å². The SMILES string of the molecule is O[Si](O)(O)O.P.[AlH3].[B]. The van der Waals surface area contributed by atoms with Gasteiger partial charge in [0.25, 0.3) is 0 Å². The topological polar surface area (TPSA) is 80.9 Å². The number of rotatable bonds is 0. The number of hydrogen-bond acceptors (Lipinski definition) is 4. The maximum absolute atomic E-state index is 7.33. The van der Waals surface area contributed by atoms with Gasteiger partial charge in [-0.05, 0) is 0 Å². The van der Waals surface area contributed by atoms with Crippen molar-refractivity contribution in [2.24, 2.45) is 0 Å². The third-order valence-corrected chi connectivity index (χ3v) is 0. The van der Waals surface area contributed by atoms with Gasteiger partial charge in [0.2, 0.25) is 0 Å². The van der Waals surface area contributed by atoms with Gasteiger partial charge in [0, 0.05) is 8.41 Å². The van der Waals surface area contributed by atoms with Crippen molar-refractivity contribution < 1.29 is 19.2 Å². The second-order valence-corrected chi connectivity index (χ2v) is 1.80. The summed E-state index contributed by atoms with van der Waals surface area (Å²) in [4.78, 5) is 29.3. The molecule has 4 nitrogen and oxygen atoms in total. The predicted molar refractivity (Wildman–Crippen MR) is 41.4 cm³/mol. The van der Waals surface area contributed by atoms with E-state index >= 15 is 0 Å². The van der Waals surface area contributed by atoms with Gasteiger partial charge in [-0.15, -0.1) is 0 Å². The van der Waals surface area contributed by atoms with Crippen LogP contribution < -0.4 is 0 Å². The monoisotopic (exact) mass is 171 g/mol. The summed E-state index contributed by atoms with van der Waals surface area (Å²) in [6.07, 6.45) is 0. The molecule has 8 heavy (non-hydrogen) atoms. The van der Waals surface area contributed by atoms with Crippen molar-refractivity contribution in [1.82, 2.24) is 0 Å². The van der Waals surface area contributed by atoms with E-state index in [9.17, 15) is 0 Å². The van der Waals surface area contributed by atoms with Gasteiger partial charge < -0.3 is 19.2 Å². The van der Waals surface area contributed by atoms with Crippen molar-refractivity contribution in [2.45, 2.75) is 0 Å². The average molecular weight is 171 g/mol. The lowest BCUT2D eigenvalue weighted by Gasteiger charge is -1.91. The fraction of sp³-hybridized carbons (Fsp3) is 0. The fourth-order valence-corrected chi connectivity index (χ4v) is 0. The summed E-state index contributed by atoms with van der Waals surface area (Å²) < 4.78 is 0. The molecule has 0 heterocycles. The van der Waals surface area contributed by atoms with Crippen molar-refractivity contribution in [2.75, 3.05) is 0 Å². The standard InChI is InChI=1S/Al.B.H4O4Si.H3P.3H/c;;1-5(2,3)4;;;;/h;;1-4H;1H3;;;. The van der Waals surface area contributed by atoms with E-state index in [1.807, 2.05) is 0 Å². The maximum Gasteiger partial charge on any atom is 0.668 e. The Balaban J connectivity index is -0.0000000267. The van der Waals surface area contributed by atoms with E-state index < -0.39 is 9.05 Å². The van der Waals surface area contributed by atoms with Crippen LogP contribution in [0.4, 0.5) is 0 Å². The third kappa shape index (κ3) is 223. The Morgan fingerprint density at radius 2 is 0.875 bits per heavy atom. The summed E-state index contributed by atoms with van der Waals surface area (Å²) in [5.41, 5.74) is 0. The van der Waals surface area contributed by atoms with E-state index in [4.69, 9.17) is 19.2 Å². The molecule has 0 spiro atoms. The van der Waals surface area contributed by atoms with Gasteiger partial charge >= 0.3 is 9.05 Å². The number of hydrogen-bond donors (Lipinski definition) is 4. The highest BCUT2D eigenvalue weighted by atomic mass is 31.0. The summed E-state index contributed by atoms with van der Waals surface area (Å²) in [5.74, 6) is 0. The molecule has 0 aromatic heterocycles. The Labute approximate surface area is 64.4 Å². The molecular weight excluding hydrogens is 161 g/mol. The Kier molecular flexibility index (Phi) is 23.2. The van der Waals surface area contributed by atoms with Gasteiger partial charge in [0.1, 0.15) is 0 Å². The van der Waals surface area contributed by atoms with Crippen LogP contribution in [0.25, 0.3) is 0 Å². The van der Waals surface area contributed by atoms with E-state index in [-0.39, 0.29) is 35.7 Å². The molecule has 1 atom stereocenters. The Bertz CT molecular complexity index is 31.5. The van der Waals surface area contributed by atoms with Gasteiger partial charge in [-0.25, -0.2) is 0 Å². The lowest BCUT2D eigenvalue weighted by molar-refractivity contribution is 0.117. The zero-order valence-corrected chi connectivity index (χ0v) is 5.99. The third-order valence-electron chi connectivity index (χ3n) is 0. The van der Waals surface area contributed by atoms with Crippen molar-refractivity contribution in [3.05, 3.63) is 0 Å². The van der Waals surface area contributed by atoms with Crippen molar-refractivity contribution >= 4 is 44.7 Å². The molecular formula is H10AlBO4PSi. The molecule has 0 rings (SSSR count). The molecule has 0 aliphatic rings. The quantitative estimate of drug-likeness (QED) is 0.220. The van der Waals surface area contributed by atoms with E-state index in [1.165, 1.54) is 0 Å². The van der Waals surface area contributed by atoms with Gasteiger partial charge in [-0.3, -0.25) is 0 Å². The molecule has 49 valence electrons. The summed E-state index contributed by atoms with van der Waals surface area (Å²) in [5, 5.41) is 0. The minimum Gasteiger partial charge on any atom is -0.368 e. The lowest BCUT2D eigenvalue weighted by atomic mass is 10.8. The second-order valence-electron chi connectivity index (χ2n) is 0.600. The Morgan fingerprint density at radius 3 is 0.875 bits per heavy atom. The maximum atomic E-state index is 7.33. The molecule has 0 aromatic rings. The zero-order chi connectivity index (χ0) is 4.50. The molecule has 0 bridgehead atoms. The van der Waals surface area contributed by atoms with E-state index in [0.29, 0.717) is 0 Å². The summed E-state index contributed by atoms with van der Waals surface area (Å²) in [7, 11) is -4.61. The first kappa shape index (κ1) is 23.0. The van der Waals surface area contributed by atoms with Crippen LogP contribution in [0, 0.1) is 0 Å². The summed E-state index contributed by atoms with van der Waals surface area (Å²) in [6.45, 7) is 0. The van der Waals surface area contributed by atoms with Crippen molar-refractivity contribution in [3.8, 4) is 0 Å². The molecule has 0 aliphatic carbocycles. The normalized spacial score (nSPS) is 7.50. The lowest BCUT2D eigenvalue weighted by Crippen LogP contribution is -2.33. The Morgan fingerprint density at radius 1 is 0.875 bits per heavy atom. The van der Waals surface area contributed by atoms with Crippen LogP contribution in [0.1, 0.15) is 0 Å². The van der Waals surface area contributed by atoms with Crippen LogP contribution in [0.5, 0.6) is 0 Å². The fourth-order valence-electron chi connectivity index (χ4n) is 0. The average Bonchev–Trinajstić information content (AvgIpc) is 0.722. The molecule has 0 amide bonds. The van der Waals surface area contributed by atoms with Crippen LogP contribution in [0.3, 0.4) is 0 Å². The first-order chi connectivity index (χ1) is 2.00.